The van der Waals surface area contributed by atoms with Crippen molar-refractivity contribution in [2.45, 2.75) is 5.16 Å². The van der Waals surface area contributed by atoms with E-state index in [2.05, 4.69) is 20.5 Å². The van der Waals surface area contributed by atoms with E-state index in [1.807, 2.05) is 64.5 Å². The first-order valence-electron chi connectivity index (χ1n) is 10.4. The number of hydrogen-bond acceptors (Lipinski definition) is 6. The molecule has 0 unspecified atom stereocenters. The molecule has 2 aromatic heterocycles. The summed E-state index contributed by atoms with van der Waals surface area (Å²) in [4.78, 5) is 16.9. The Kier molecular flexibility index (Phi) is 6.46. The Hall–Kier alpha value is -3.82. The van der Waals surface area contributed by atoms with Crippen molar-refractivity contribution >= 4 is 34.7 Å². The molecule has 0 atom stereocenters. The molecule has 34 heavy (non-hydrogen) atoms. The number of amides is 1. The Morgan fingerprint density at radius 3 is 2.38 bits per heavy atom. The molecular weight excluding hydrogens is 469 g/mol. The fraction of sp³-hybridized carbons (Fsp3) is 0.0400. The Labute approximate surface area is 203 Å². The Morgan fingerprint density at radius 2 is 1.68 bits per heavy atom. The fourth-order valence-electron chi connectivity index (χ4n) is 3.35. The lowest BCUT2D eigenvalue weighted by Crippen LogP contribution is -2.14. The third kappa shape index (κ3) is 4.90. The lowest BCUT2D eigenvalue weighted by Gasteiger charge is -2.10. The highest BCUT2D eigenvalue weighted by atomic mass is 32.2. The van der Waals surface area contributed by atoms with Gasteiger partial charge in [-0.3, -0.25) is 9.36 Å². The van der Waals surface area contributed by atoms with Crippen LogP contribution in [-0.4, -0.2) is 31.4 Å². The maximum atomic E-state index is 13.4. The smallest absolute Gasteiger partial charge is 0.234 e. The highest BCUT2D eigenvalue weighted by Gasteiger charge is 2.17. The van der Waals surface area contributed by atoms with Crippen molar-refractivity contribution in [2.75, 3.05) is 11.1 Å². The van der Waals surface area contributed by atoms with Gasteiger partial charge in [-0.1, -0.05) is 30.0 Å². The van der Waals surface area contributed by atoms with E-state index in [0.29, 0.717) is 16.7 Å². The summed E-state index contributed by atoms with van der Waals surface area (Å²) in [7, 11) is 0. The molecule has 0 aliphatic heterocycles. The first-order chi connectivity index (χ1) is 16.7. The number of nitrogens with zero attached hydrogens (tertiary/aromatic N) is 4. The summed E-state index contributed by atoms with van der Waals surface area (Å²) in [5, 5.41) is 15.0. The molecule has 3 aromatic carbocycles. The third-order valence-corrected chi connectivity index (χ3v) is 6.68. The molecule has 0 bridgehead atoms. The Bertz CT molecular complexity index is 1390. The zero-order valence-corrected chi connectivity index (χ0v) is 19.4. The molecule has 0 spiro atoms. The number of carbonyl (C=O) groups is 1. The van der Waals surface area contributed by atoms with Crippen molar-refractivity contribution in [3.63, 3.8) is 0 Å². The van der Waals surface area contributed by atoms with Gasteiger partial charge in [0, 0.05) is 34.1 Å². The normalized spacial score (nSPS) is 10.9. The van der Waals surface area contributed by atoms with E-state index < -0.39 is 0 Å². The number of halogens is 1. The molecule has 2 heterocycles. The van der Waals surface area contributed by atoms with Crippen LogP contribution in [0, 0.1) is 5.82 Å². The second-order valence-electron chi connectivity index (χ2n) is 7.24. The van der Waals surface area contributed by atoms with Crippen molar-refractivity contribution in [3.05, 3.63) is 96.3 Å². The molecular formula is C25H18FN5OS2. The standard InChI is InChI=1S/C25H18FN5OS2/c26-19-10-6-17(7-11-19)23-29-30-25(31(23)21-4-2-1-3-5-21)34-16-22(32)28-20-12-8-18(9-13-20)24-27-14-15-33-24/h1-15H,16H2,(H,28,32). The number of anilines is 1. The average Bonchev–Trinajstić information content (AvgIpc) is 3.55. The minimum Gasteiger partial charge on any atom is -0.325 e. The van der Waals surface area contributed by atoms with Gasteiger partial charge in [0.15, 0.2) is 11.0 Å². The molecule has 168 valence electrons. The van der Waals surface area contributed by atoms with Gasteiger partial charge in [0.1, 0.15) is 10.8 Å². The van der Waals surface area contributed by atoms with E-state index >= 15 is 0 Å². The Morgan fingerprint density at radius 1 is 0.941 bits per heavy atom. The summed E-state index contributed by atoms with van der Waals surface area (Å²) in [6.07, 6.45) is 1.77. The second kappa shape index (κ2) is 9.98. The number of thioether (sulfide) groups is 1. The van der Waals surface area contributed by atoms with Crippen molar-refractivity contribution in [1.82, 2.24) is 19.7 Å². The first kappa shape index (κ1) is 22.0. The zero-order valence-electron chi connectivity index (χ0n) is 17.8. The predicted octanol–water partition coefficient (Wildman–Crippen LogP) is 5.93. The third-order valence-electron chi connectivity index (χ3n) is 4.93. The number of aromatic nitrogens is 4. The number of hydrogen-bond donors (Lipinski definition) is 1. The minimum absolute atomic E-state index is 0.155. The molecule has 0 radical (unpaired) electrons. The summed E-state index contributed by atoms with van der Waals surface area (Å²) < 4.78 is 15.3. The van der Waals surface area contributed by atoms with Gasteiger partial charge in [0.25, 0.3) is 0 Å². The van der Waals surface area contributed by atoms with Gasteiger partial charge in [0.2, 0.25) is 5.91 Å². The largest absolute Gasteiger partial charge is 0.325 e. The van der Waals surface area contributed by atoms with Crippen LogP contribution in [0.25, 0.3) is 27.6 Å². The summed E-state index contributed by atoms with van der Waals surface area (Å²) in [6.45, 7) is 0. The van der Waals surface area contributed by atoms with Crippen LogP contribution >= 0.6 is 23.1 Å². The molecule has 0 fully saturated rings. The highest BCUT2D eigenvalue weighted by Crippen LogP contribution is 2.28. The molecule has 1 amide bonds. The summed E-state index contributed by atoms with van der Waals surface area (Å²) in [5.41, 5.74) is 3.30. The zero-order chi connectivity index (χ0) is 23.3. The first-order valence-corrected chi connectivity index (χ1v) is 12.2. The van der Waals surface area contributed by atoms with Crippen molar-refractivity contribution < 1.29 is 9.18 Å². The maximum Gasteiger partial charge on any atom is 0.234 e. The molecule has 5 aromatic rings. The monoisotopic (exact) mass is 487 g/mol. The van der Waals surface area contributed by atoms with E-state index in [4.69, 9.17) is 0 Å². The van der Waals surface area contributed by atoms with Crippen LogP contribution in [0.2, 0.25) is 0 Å². The van der Waals surface area contributed by atoms with E-state index in [0.717, 1.165) is 21.8 Å². The number of thiazole rings is 1. The molecule has 0 saturated carbocycles. The molecule has 1 N–H and O–H groups in total. The van der Waals surface area contributed by atoms with Crippen LogP contribution in [0.5, 0.6) is 0 Å². The topological polar surface area (TPSA) is 72.7 Å². The fourth-order valence-corrected chi connectivity index (χ4v) is 4.74. The van der Waals surface area contributed by atoms with E-state index in [1.54, 1.807) is 29.7 Å². The SMILES string of the molecule is O=C(CSc1nnc(-c2ccc(F)cc2)n1-c1ccccc1)Nc1ccc(-c2nccs2)cc1. The predicted molar refractivity (Wildman–Crippen MR) is 134 cm³/mol. The number of nitrogens with one attached hydrogen (secondary N) is 1. The Balaban J connectivity index is 1.32. The van der Waals surface area contributed by atoms with E-state index in [9.17, 15) is 9.18 Å². The maximum absolute atomic E-state index is 13.4. The van der Waals surface area contributed by atoms with Gasteiger partial charge < -0.3 is 5.32 Å². The van der Waals surface area contributed by atoms with E-state index in [1.165, 1.54) is 23.9 Å². The molecule has 0 aliphatic carbocycles. The summed E-state index contributed by atoms with van der Waals surface area (Å²) >= 11 is 2.85. The van der Waals surface area contributed by atoms with Crippen molar-refractivity contribution in [1.29, 1.82) is 0 Å². The summed E-state index contributed by atoms with van der Waals surface area (Å²) in [5.74, 6) is 0.258. The number of para-hydroxylation sites is 1. The van der Waals surface area contributed by atoms with E-state index in [-0.39, 0.29) is 17.5 Å². The van der Waals surface area contributed by atoms with Gasteiger partial charge in [0.05, 0.1) is 5.75 Å². The number of benzene rings is 3. The molecule has 5 rings (SSSR count). The van der Waals surface area contributed by atoms with Gasteiger partial charge >= 0.3 is 0 Å². The van der Waals surface area contributed by atoms with Crippen LogP contribution < -0.4 is 5.32 Å². The van der Waals surface area contributed by atoms with Crippen molar-refractivity contribution in [2.24, 2.45) is 0 Å². The molecule has 9 heteroatoms. The quantitative estimate of drug-likeness (QED) is 0.288. The molecule has 0 aliphatic rings. The van der Waals surface area contributed by atoms with Gasteiger partial charge in [-0.2, -0.15) is 0 Å². The highest BCUT2D eigenvalue weighted by molar-refractivity contribution is 7.99. The van der Waals surface area contributed by atoms with Gasteiger partial charge in [-0.15, -0.1) is 21.5 Å². The molecule has 0 saturated heterocycles. The minimum atomic E-state index is -0.319. The number of rotatable bonds is 7. The van der Waals surface area contributed by atoms with Crippen LogP contribution in [-0.2, 0) is 4.79 Å². The van der Waals surface area contributed by atoms with Crippen LogP contribution in [0.15, 0.2) is 95.6 Å². The lowest BCUT2D eigenvalue weighted by atomic mass is 10.2. The molecule has 6 nitrogen and oxygen atoms in total. The van der Waals surface area contributed by atoms with Crippen LogP contribution in [0.1, 0.15) is 0 Å². The average molecular weight is 488 g/mol. The van der Waals surface area contributed by atoms with Crippen molar-refractivity contribution in [3.8, 4) is 27.6 Å². The summed E-state index contributed by atoms with van der Waals surface area (Å²) in [6, 6.07) is 23.3. The van der Waals surface area contributed by atoms with Gasteiger partial charge in [-0.05, 0) is 60.7 Å². The lowest BCUT2D eigenvalue weighted by molar-refractivity contribution is -0.113. The number of carbonyl (C=O) groups excluding carboxylic acids is 1. The second-order valence-corrected chi connectivity index (χ2v) is 9.07. The van der Waals surface area contributed by atoms with Crippen LogP contribution in [0.4, 0.5) is 10.1 Å². The van der Waals surface area contributed by atoms with Crippen LogP contribution in [0.3, 0.4) is 0 Å². The van der Waals surface area contributed by atoms with Gasteiger partial charge in [-0.25, -0.2) is 9.37 Å².